The highest BCUT2D eigenvalue weighted by Crippen LogP contribution is 2.34. The van der Waals surface area contributed by atoms with Gasteiger partial charge in [-0.2, -0.15) is 26.3 Å². The predicted octanol–water partition coefficient (Wildman–Crippen LogP) is 7.60. The van der Waals surface area contributed by atoms with Gasteiger partial charge in [-0.25, -0.2) is 0 Å². The zero-order chi connectivity index (χ0) is 22.3. The Morgan fingerprint density at radius 1 is 0.500 bits per heavy atom. The molecule has 0 saturated carbocycles. The molecule has 158 valence electrons. The van der Waals surface area contributed by atoms with Crippen molar-refractivity contribution in [2.75, 3.05) is 0 Å². The summed E-state index contributed by atoms with van der Waals surface area (Å²) in [7, 11) is -1.80. The molecule has 3 aromatic carbocycles. The maximum Gasteiger partial charge on any atom is 0.416 e. The summed E-state index contributed by atoms with van der Waals surface area (Å²) in [6, 6.07) is 15.5. The molecule has 0 nitrogen and oxygen atoms in total. The fourth-order valence-corrected chi connectivity index (χ4v) is 4.27. The normalized spacial score (nSPS) is 12.8. The molecule has 0 aromatic heterocycles. The standard InChI is InChI=1S/C23H20F6Si/c1-30(2,3)21-13-17(15-4-8-19(9-5-15)22(24,25)26)12-18(14-21)16-6-10-20(11-7-16)23(27,28)29/h4-14H,1-3H3. The number of halogens is 6. The molecule has 0 amide bonds. The van der Waals surface area contributed by atoms with Crippen LogP contribution in [-0.2, 0) is 12.4 Å². The predicted molar refractivity (Wildman–Crippen MR) is 110 cm³/mol. The number of hydrogen-bond donors (Lipinski definition) is 0. The smallest absolute Gasteiger partial charge is 0.166 e. The number of alkyl halides is 6. The molecule has 0 heterocycles. The summed E-state index contributed by atoms with van der Waals surface area (Å²) in [5, 5.41) is 1.06. The number of benzene rings is 3. The lowest BCUT2D eigenvalue weighted by molar-refractivity contribution is -0.138. The topological polar surface area (TPSA) is 0 Å². The summed E-state index contributed by atoms with van der Waals surface area (Å²) in [5.41, 5.74) is 1.26. The van der Waals surface area contributed by atoms with Gasteiger partial charge in [0.05, 0.1) is 19.2 Å². The minimum Gasteiger partial charge on any atom is -0.166 e. The van der Waals surface area contributed by atoms with Gasteiger partial charge in [-0.05, 0) is 52.6 Å². The molecule has 30 heavy (non-hydrogen) atoms. The van der Waals surface area contributed by atoms with E-state index in [0.717, 1.165) is 40.6 Å². The highest BCUT2D eigenvalue weighted by molar-refractivity contribution is 6.88. The lowest BCUT2D eigenvalue weighted by Gasteiger charge is -2.20. The van der Waals surface area contributed by atoms with Crippen molar-refractivity contribution in [2.45, 2.75) is 32.0 Å². The van der Waals surface area contributed by atoms with Crippen LogP contribution in [-0.4, -0.2) is 8.07 Å². The quantitative estimate of drug-likeness (QED) is 0.292. The van der Waals surface area contributed by atoms with Crippen molar-refractivity contribution in [3.63, 3.8) is 0 Å². The molecular weight excluding hydrogens is 418 g/mol. The third-order valence-electron chi connectivity index (χ3n) is 4.89. The Balaban J connectivity index is 2.09. The van der Waals surface area contributed by atoms with Crippen molar-refractivity contribution in [3.8, 4) is 22.3 Å². The Hall–Kier alpha value is -2.54. The second-order valence-electron chi connectivity index (χ2n) is 8.20. The van der Waals surface area contributed by atoms with E-state index in [1.165, 1.54) is 24.3 Å². The van der Waals surface area contributed by atoms with Gasteiger partial charge in [-0.3, -0.25) is 0 Å². The summed E-state index contributed by atoms with van der Waals surface area (Å²) >= 11 is 0. The molecular formula is C23H20F6Si. The fraction of sp³-hybridized carbons (Fsp3) is 0.217. The fourth-order valence-electron chi connectivity index (χ4n) is 3.10. The van der Waals surface area contributed by atoms with E-state index in [1.807, 2.05) is 12.1 Å². The van der Waals surface area contributed by atoms with Gasteiger partial charge in [0.15, 0.2) is 0 Å². The van der Waals surface area contributed by atoms with Crippen LogP contribution in [0.25, 0.3) is 22.3 Å². The maximum absolute atomic E-state index is 12.9. The Kier molecular flexibility index (Phi) is 5.62. The summed E-state index contributed by atoms with van der Waals surface area (Å²) in [4.78, 5) is 0. The molecule has 0 radical (unpaired) electrons. The third-order valence-corrected chi connectivity index (χ3v) is 6.91. The van der Waals surface area contributed by atoms with E-state index in [4.69, 9.17) is 0 Å². The van der Waals surface area contributed by atoms with E-state index in [1.54, 1.807) is 6.07 Å². The van der Waals surface area contributed by atoms with Crippen LogP contribution in [0, 0.1) is 0 Å². The summed E-state index contributed by atoms with van der Waals surface area (Å²) in [6.07, 6.45) is -8.83. The molecule has 0 unspecified atom stereocenters. The van der Waals surface area contributed by atoms with Crippen molar-refractivity contribution < 1.29 is 26.3 Å². The molecule has 0 N–H and O–H groups in total. The second kappa shape index (κ2) is 7.61. The van der Waals surface area contributed by atoms with Gasteiger partial charge in [-0.1, -0.05) is 61.2 Å². The molecule has 0 spiro atoms. The van der Waals surface area contributed by atoms with Crippen molar-refractivity contribution in [1.82, 2.24) is 0 Å². The lowest BCUT2D eigenvalue weighted by Crippen LogP contribution is -2.37. The first-order valence-electron chi connectivity index (χ1n) is 9.26. The lowest BCUT2D eigenvalue weighted by atomic mass is 9.97. The molecule has 3 rings (SSSR count). The van der Waals surface area contributed by atoms with Gasteiger partial charge >= 0.3 is 12.4 Å². The molecule has 0 aliphatic heterocycles. The SMILES string of the molecule is C[Si](C)(C)c1cc(-c2ccc(C(F)(F)F)cc2)cc(-c2ccc(C(F)(F)F)cc2)c1. The summed E-state index contributed by atoms with van der Waals surface area (Å²) in [5.74, 6) is 0. The molecule has 0 atom stereocenters. The molecule has 0 saturated heterocycles. The first-order valence-corrected chi connectivity index (χ1v) is 12.8. The van der Waals surface area contributed by atoms with Crippen molar-refractivity contribution in [3.05, 3.63) is 77.9 Å². The van der Waals surface area contributed by atoms with Crippen LogP contribution < -0.4 is 5.19 Å². The van der Waals surface area contributed by atoms with E-state index >= 15 is 0 Å². The van der Waals surface area contributed by atoms with Gasteiger partial charge in [-0.15, -0.1) is 0 Å². The van der Waals surface area contributed by atoms with Gasteiger partial charge in [0, 0.05) is 0 Å². The summed E-state index contributed by atoms with van der Waals surface area (Å²) < 4.78 is 77.2. The summed E-state index contributed by atoms with van der Waals surface area (Å²) in [6.45, 7) is 6.40. The van der Waals surface area contributed by atoms with Crippen LogP contribution in [0.4, 0.5) is 26.3 Å². The van der Waals surface area contributed by atoms with Crippen LogP contribution in [0.2, 0.25) is 19.6 Å². The van der Waals surface area contributed by atoms with Gasteiger partial charge in [0.25, 0.3) is 0 Å². The zero-order valence-electron chi connectivity index (χ0n) is 16.6. The van der Waals surface area contributed by atoms with Gasteiger partial charge in [0.1, 0.15) is 0 Å². The molecule has 7 heteroatoms. The Bertz CT molecular complexity index is 948. The van der Waals surface area contributed by atoms with Crippen LogP contribution in [0.3, 0.4) is 0 Å². The van der Waals surface area contributed by atoms with Gasteiger partial charge in [0.2, 0.25) is 0 Å². The first-order chi connectivity index (χ1) is 13.7. The maximum atomic E-state index is 12.9. The monoisotopic (exact) mass is 438 g/mol. The highest BCUT2D eigenvalue weighted by atomic mass is 28.3. The van der Waals surface area contributed by atoms with E-state index in [2.05, 4.69) is 19.6 Å². The van der Waals surface area contributed by atoms with Crippen molar-refractivity contribution >= 4 is 13.3 Å². The molecule has 0 aliphatic rings. The van der Waals surface area contributed by atoms with Crippen LogP contribution >= 0.6 is 0 Å². The average Bonchev–Trinajstić information content (AvgIpc) is 2.66. The minimum atomic E-state index is -4.41. The first kappa shape index (κ1) is 22.1. The van der Waals surface area contributed by atoms with Crippen molar-refractivity contribution in [1.29, 1.82) is 0 Å². The van der Waals surface area contributed by atoms with Crippen LogP contribution in [0.15, 0.2) is 66.7 Å². The number of hydrogen-bond acceptors (Lipinski definition) is 0. The zero-order valence-corrected chi connectivity index (χ0v) is 17.6. The Morgan fingerprint density at radius 3 is 1.10 bits per heavy atom. The minimum absolute atomic E-state index is 0.622. The Labute approximate surface area is 172 Å². The largest absolute Gasteiger partial charge is 0.416 e. The van der Waals surface area contributed by atoms with Crippen molar-refractivity contribution in [2.24, 2.45) is 0 Å². The van der Waals surface area contributed by atoms with E-state index < -0.39 is 31.6 Å². The van der Waals surface area contributed by atoms with Crippen LogP contribution in [0.1, 0.15) is 11.1 Å². The van der Waals surface area contributed by atoms with Gasteiger partial charge < -0.3 is 0 Å². The van der Waals surface area contributed by atoms with E-state index in [9.17, 15) is 26.3 Å². The Morgan fingerprint density at radius 2 is 0.833 bits per heavy atom. The second-order valence-corrected chi connectivity index (χ2v) is 13.3. The molecule has 0 fully saturated rings. The third kappa shape index (κ3) is 4.95. The average molecular weight is 438 g/mol. The molecule has 0 bridgehead atoms. The highest BCUT2D eigenvalue weighted by Gasteiger charge is 2.31. The van der Waals surface area contributed by atoms with E-state index in [0.29, 0.717) is 11.1 Å². The van der Waals surface area contributed by atoms with Crippen LogP contribution in [0.5, 0.6) is 0 Å². The molecule has 0 aliphatic carbocycles. The number of rotatable bonds is 3. The van der Waals surface area contributed by atoms with E-state index in [-0.39, 0.29) is 0 Å². The molecule has 3 aromatic rings.